The molecule has 0 aliphatic carbocycles. The summed E-state index contributed by atoms with van der Waals surface area (Å²) in [4.78, 5) is 4.45. The topological polar surface area (TPSA) is 6.48 Å². The minimum absolute atomic E-state index is 0.0145. The fraction of sp³-hybridized carbons (Fsp3) is 0.375. The molecule has 0 aromatic heterocycles. The highest BCUT2D eigenvalue weighted by Gasteiger charge is 2.37. The van der Waals surface area contributed by atoms with Crippen LogP contribution >= 0.6 is 0 Å². The number of hydrogen-bond donors (Lipinski definition) is 0. The molecule has 2 aromatic carbocycles. The smallest absolute Gasteiger partial charge is 0.297 e. The van der Waals surface area contributed by atoms with E-state index in [4.69, 9.17) is 0 Å². The van der Waals surface area contributed by atoms with Crippen molar-refractivity contribution >= 4 is 0 Å². The third-order valence-electron chi connectivity index (χ3n) is 5.55. The quantitative estimate of drug-likeness (QED) is 0.372. The number of rotatable bonds is 7. The van der Waals surface area contributed by atoms with Gasteiger partial charge in [-0.3, -0.25) is 9.80 Å². The largest absolute Gasteiger partial charge is 0.416 e. The number of hydrogen-bond acceptors (Lipinski definition) is 2. The maximum absolute atomic E-state index is 13.2. The van der Waals surface area contributed by atoms with E-state index >= 15 is 0 Å². The monoisotopic (exact) mass is 455 g/mol. The first-order valence-corrected chi connectivity index (χ1v) is 10.3. The molecule has 0 spiro atoms. The lowest BCUT2D eigenvalue weighted by Gasteiger charge is -2.39. The van der Waals surface area contributed by atoms with Gasteiger partial charge in [-0.15, -0.1) is 6.58 Å². The molecule has 0 bridgehead atoms. The summed E-state index contributed by atoms with van der Waals surface area (Å²) < 4.78 is 79.2. The minimum Gasteiger partial charge on any atom is -0.297 e. The molecule has 173 valence electrons. The third kappa shape index (κ3) is 6.36. The van der Waals surface area contributed by atoms with Gasteiger partial charge in [0.25, 0.3) is 0 Å². The zero-order valence-corrected chi connectivity index (χ0v) is 17.5. The molecule has 1 radical (unpaired) electrons. The van der Waals surface area contributed by atoms with Crippen LogP contribution in [0.5, 0.6) is 0 Å². The van der Waals surface area contributed by atoms with E-state index in [1.165, 1.54) is 0 Å². The van der Waals surface area contributed by atoms with Crippen LogP contribution in [0.3, 0.4) is 0 Å². The first kappa shape index (κ1) is 24.3. The zero-order chi connectivity index (χ0) is 23.4. The van der Waals surface area contributed by atoms with Crippen molar-refractivity contribution in [2.45, 2.75) is 24.8 Å². The third-order valence-corrected chi connectivity index (χ3v) is 5.55. The van der Waals surface area contributed by atoms with E-state index in [1.54, 1.807) is 6.42 Å². The molecule has 32 heavy (non-hydrogen) atoms. The van der Waals surface area contributed by atoms with Gasteiger partial charge in [0, 0.05) is 38.8 Å². The van der Waals surface area contributed by atoms with Gasteiger partial charge in [0.1, 0.15) is 0 Å². The average molecular weight is 455 g/mol. The second-order valence-electron chi connectivity index (χ2n) is 7.83. The molecule has 1 aliphatic rings. The van der Waals surface area contributed by atoms with Crippen LogP contribution in [0, 0.1) is 6.42 Å². The highest BCUT2D eigenvalue weighted by Crippen LogP contribution is 2.37. The van der Waals surface area contributed by atoms with Crippen molar-refractivity contribution in [1.82, 2.24) is 9.80 Å². The van der Waals surface area contributed by atoms with E-state index < -0.39 is 23.5 Å². The van der Waals surface area contributed by atoms with Gasteiger partial charge in [0.15, 0.2) is 0 Å². The van der Waals surface area contributed by atoms with E-state index in [2.05, 4.69) is 16.4 Å². The molecule has 1 fully saturated rings. The van der Waals surface area contributed by atoms with Crippen molar-refractivity contribution < 1.29 is 26.3 Å². The molecule has 2 nitrogen and oxygen atoms in total. The highest BCUT2D eigenvalue weighted by molar-refractivity contribution is 5.35. The number of benzene rings is 2. The van der Waals surface area contributed by atoms with Crippen LogP contribution in [0.1, 0.15) is 28.3 Å². The summed E-state index contributed by atoms with van der Waals surface area (Å²) >= 11 is 0. The Kier molecular flexibility index (Phi) is 7.67. The summed E-state index contributed by atoms with van der Waals surface area (Å²) in [5, 5.41) is 0. The summed E-state index contributed by atoms with van der Waals surface area (Å²) in [6.07, 6.45) is -6.08. The van der Waals surface area contributed by atoms with Gasteiger partial charge in [-0.25, -0.2) is 0 Å². The van der Waals surface area contributed by atoms with E-state index in [0.717, 1.165) is 50.4 Å². The second kappa shape index (κ2) is 10.1. The Morgan fingerprint density at radius 1 is 0.844 bits per heavy atom. The SMILES string of the molecule is C=CCN1CCN(C([CH]Cc2cc(C(F)(F)F)cc(C(F)(F)F)c2)c2ccccc2)CC1. The lowest BCUT2D eigenvalue weighted by molar-refractivity contribution is -0.143. The van der Waals surface area contributed by atoms with E-state index in [-0.39, 0.29) is 24.1 Å². The molecule has 3 rings (SSSR count). The molecule has 1 aliphatic heterocycles. The fourth-order valence-corrected chi connectivity index (χ4v) is 3.94. The van der Waals surface area contributed by atoms with Gasteiger partial charge >= 0.3 is 12.4 Å². The van der Waals surface area contributed by atoms with Crippen LogP contribution in [0.15, 0.2) is 61.2 Å². The Balaban J connectivity index is 1.83. The van der Waals surface area contributed by atoms with Crippen LogP contribution in [-0.4, -0.2) is 42.5 Å². The zero-order valence-electron chi connectivity index (χ0n) is 17.5. The molecule has 1 unspecified atom stereocenters. The maximum atomic E-state index is 13.2. The molecule has 0 amide bonds. The Morgan fingerprint density at radius 3 is 1.91 bits per heavy atom. The Hall–Kier alpha value is -2.32. The van der Waals surface area contributed by atoms with Crippen molar-refractivity contribution in [2.24, 2.45) is 0 Å². The molecule has 8 heteroatoms. The van der Waals surface area contributed by atoms with Gasteiger partial charge in [-0.1, -0.05) is 36.4 Å². The van der Waals surface area contributed by atoms with Crippen molar-refractivity contribution in [3.05, 3.63) is 89.9 Å². The van der Waals surface area contributed by atoms with E-state index in [0.29, 0.717) is 0 Å². The summed E-state index contributed by atoms with van der Waals surface area (Å²) in [7, 11) is 0. The predicted octanol–water partition coefficient (Wildman–Crippen LogP) is 6.02. The van der Waals surface area contributed by atoms with Crippen LogP contribution in [0.25, 0.3) is 0 Å². The van der Waals surface area contributed by atoms with Crippen LogP contribution < -0.4 is 0 Å². The molecule has 1 heterocycles. The van der Waals surface area contributed by atoms with Crippen LogP contribution in [-0.2, 0) is 18.8 Å². The second-order valence-corrected chi connectivity index (χ2v) is 7.83. The van der Waals surface area contributed by atoms with Crippen molar-refractivity contribution in [3.63, 3.8) is 0 Å². The Labute approximate surface area is 184 Å². The molecular formula is C24H25F6N2. The van der Waals surface area contributed by atoms with Gasteiger partial charge in [-0.05, 0) is 42.2 Å². The number of halogens is 6. The summed E-state index contributed by atoms with van der Waals surface area (Å²) in [5.74, 6) is 0. The molecule has 0 saturated carbocycles. The summed E-state index contributed by atoms with van der Waals surface area (Å²) in [6.45, 7) is 7.62. The minimum atomic E-state index is -4.85. The molecule has 0 N–H and O–H groups in total. The van der Waals surface area contributed by atoms with Crippen molar-refractivity contribution in [2.75, 3.05) is 32.7 Å². The Morgan fingerprint density at radius 2 is 1.41 bits per heavy atom. The van der Waals surface area contributed by atoms with Crippen LogP contribution in [0.2, 0.25) is 0 Å². The average Bonchev–Trinajstić information content (AvgIpc) is 2.74. The number of alkyl halides is 6. The first-order chi connectivity index (χ1) is 15.1. The highest BCUT2D eigenvalue weighted by atomic mass is 19.4. The molecule has 1 saturated heterocycles. The van der Waals surface area contributed by atoms with Crippen LogP contribution in [0.4, 0.5) is 26.3 Å². The lowest BCUT2D eigenvalue weighted by atomic mass is 9.95. The van der Waals surface area contributed by atoms with Gasteiger partial charge in [0.2, 0.25) is 0 Å². The summed E-state index contributed by atoms with van der Waals surface area (Å²) in [6, 6.07) is 11.0. The van der Waals surface area contributed by atoms with Crippen molar-refractivity contribution in [1.29, 1.82) is 0 Å². The van der Waals surface area contributed by atoms with Gasteiger partial charge in [-0.2, -0.15) is 26.3 Å². The predicted molar refractivity (Wildman–Crippen MR) is 112 cm³/mol. The maximum Gasteiger partial charge on any atom is 0.416 e. The summed E-state index contributed by atoms with van der Waals surface area (Å²) in [5.41, 5.74) is -1.64. The Bertz CT molecular complexity index is 851. The molecular weight excluding hydrogens is 430 g/mol. The standard InChI is InChI=1S/C24H25F6N2/c1-2-10-31-11-13-32(14-12-31)22(19-6-4-3-5-7-19)9-8-18-15-20(23(25,26)27)17-21(16-18)24(28,29)30/h2-7,9,15-17,22H,1,8,10-14H2. The van der Waals surface area contributed by atoms with E-state index in [1.807, 2.05) is 36.4 Å². The normalized spacial score (nSPS) is 17.3. The molecule has 2 aromatic rings. The fourth-order valence-electron chi connectivity index (χ4n) is 3.94. The number of nitrogens with zero attached hydrogens (tertiary/aromatic N) is 2. The van der Waals surface area contributed by atoms with Gasteiger partial charge in [0.05, 0.1) is 11.1 Å². The van der Waals surface area contributed by atoms with Crippen molar-refractivity contribution in [3.8, 4) is 0 Å². The number of piperazine rings is 1. The molecule has 1 atom stereocenters. The lowest BCUT2D eigenvalue weighted by Crippen LogP contribution is -2.47. The first-order valence-electron chi connectivity index (χ1n) is 10.3. The van der Waals surface area contributed by atoms with Gasteiger partial charge < -0.3 is 0 Å². The van der Waals surface area contributed by atoms with E-state index in [9.17, 15) is 26.3 Å².